The van der Waals surface area contributed by atoms with Gasteiger partial charge in [-0.05, 0) is 34.4 Å². The van der Waals surface area contributed by atoms with E-state index in [1.165, 1.54) is 6.33 Å². The van der Waals surface area contributed by atoms with Gasteiger partial charge in [0.05, 0.1) is 0 Å². The predicted molar refractivity (Wildman–Crippen MR) is 76.9 cm³/mol. The quantitative estimate of drug-likeness (QED) is 0.784. The zero-order valence-corrected chi connectivity index (χ0v) is 11.2. The summed E-state index contributed by atoms with van der Waals surface area (Å²) in [6.07, 6.45) is 1.51. The molecule has 1 aromatic heterocycles. The van der Waals surface area contributed by atoms with Crippen molar-refractivity contribution >= 4 is 0 Å². The Morgan fingerprint density at radius 2 is 1.81 bits per heavy atom. The number of hydrogen-bond acceptors (Lipinski definition) is 2. The van der Waals surface area contributed by atoms with E-state index in [1.54, 1.807) is 18.2 Å². The Bertz CT molecular complexity index is 739. The number of benzene rings is 2. The first-order valence-corrected chi connectivity index (χ1v) is 6.52. The molecule has 0 saturated heterocycles. The molecule has 0 aliphatic rings. The number of nitrogens with one attached hydrogen (secondary N) is 1. The SMILES string of the molecule is FCc1ccc(-c2cccc(-c3nc[nH]n3)c2)c(CF)c1. The molecule has 2 aromatic carbocycles. The van der Waals surface area contributed by atoms with Gasteiger partial charge in [-0.1, -0.05) is 30.3 Å². The van der Waals surface area contributed by atoms with Gasteiger partial charge in [0.15, 0.2) is 5.82 Å². The van der Waals surface area contributed by atoms with Crippen LogP contribution in [0, 0.1) is 0 Å². The summed E-state index contributed by atoms with van der Waals surface area (Å²) in [6.45, 7) is -1.22. The molecule has 106 valence electrons. The second-order valence-electron chi connectivity index (χ2n) is 4.66. The van der Waals surface area contributed by atoms with Gasteiger partial charge in [0.25, 0.3) is 0 Å². The lowest BCUT2D eigenvalue weighted by atomic mass is 9.97. The first kappa shape index (κ1) is 13.4. The topological polar surface area (TPSA) is 41.6 Å². The summed E-state index contributed by atoms with van der Waals surface area (Å²) in [6, 6.07) is 12.5. The number of aromatic amines is 1. The summed E-state index contributed by atoms with van der Waals surface area (Å²) in [5.74, 6) is 0.582. The molecule has 0 aliphatic carbocycles. The number of rotatable bonds is 4. The maximum atomic E-state index is 13.2. The molecule has 1 heterocycles. The maximum Gasteiger partial charge on any atom is 0.180 e. The van der Waals surface area contributed by atoms with Gasteiger partial charge >= 0.3 is 0 Å². The van der Waals surface area contributed by atoms with E-state index in [0.717, 1.165) is 16.7 Å². The maximum absolute atomic E-state index is 13.2. The molecule has 0 fully saturated rings. The minimum atomic E-state index is -0.631. The van der Waals surface area contributed by atoms with Gasteiger partial charge in [-0.25, -0.2) is 13.8 Å². The van der Waals surface area contributed by atoms with Gasteiger partial charge in [-0.3, -0.25) is 5.10 Å². The van der Waals surface area contributed by atoms with Crippen molar-refractivity contribution in [2.24, 2.45) is 0 Å². The van der Waals surface area contributed by atoms with Crippen LogP contribution in [0.2, 0.25) is 0 Å². The number of H-pyrrole nitrogens is 1. The summed E-state index contributed by atoms with van der Waals surface area (Å²) in [5.41, 5.74) is 3.42. The highest BCUT2D eigenvalue weighted by atomic mass is 19.1. The van der Waals surface area contributed by atoms with Crippen molar-refractivity contribution in [3.05, 3.63) is 59.9 Å². The van der Waals surface area contributed by atoms with Crippen LogP contribution in [0.15, 0.2) is 48.8 Å². The van der Waals surface area contributed by atoms with Crippen molar-refractivity contribution in [2.45, 2.75) is 13.3 Å². The summed E-state index contributed by atoms with van der Waals surface area (Å²) < 4.78 is 25.9. The Kier molecular flexibility index (Phi) is 3.73. The largest absolute Gasteiger partial charge is 0.265 e. The molecule has 21 heavy (non-hydrogen) atoms. The Morgan fingerprint density at radius 1 is 0.952 bits per heavy atom. The van der Waals surface area contributed by atoms with Crippen LogP contribution in [0.4, 0.5) is 8.78 Å². The fraction of sp³-hybridized carbons (Fsp3) is 0.125. The van der Waals surface area contributed by atoms with E-state index < -0.39 is 13.3 Å². The normalized spacial score (nSPS) is 10.8. The Balaban J connectivity index is 2.06. The molecule has 0 unspecified atom stereocenters. The molecule has 0 aliphatic heterocycles. The van der Waals surface area contributed by atoms with Gasteiger partial charge in [-0.2, -0.15) is 5.10 Å². The highest BCUT2D eigenvalue weighted by Gasteiger charge is 2.09. The number of aromatic nitrogens is 3. The van der Waals surface area contributed by atoms with E-state index in [0.29, 0.717) is 17.0 Å². The summed E-state index contributed by atoms with van der Waals surface area (Å²) in [5, 5.41) is 6.69. The van der Waals surface area contributed by atoms with Crippen LogP contribution in [0.1, 0.15) is 11.1 Å². The van der Waals surface area contributed by atoms with Gasteiger partial charge in [-0.15, -0.1) is 0 Å². The Labute approximate surface area is 120 Å². The smallest absolute Gasteiger partial charge is 0.180 e. The molecule has 5 heteroatoms. The lowest BCUT2D eigenvalue weighted by molar-refractivity contribution is 0.475. The molecular weight excluding hydrogens is 272 g/mol. The van der Waals surface area contributed by atoms with Crippen LogP contribution in [-0.2, 0) is 13.3 Å². The predicted octanol–water partition coefficient (Wildman–Crippen LogP) is 4.08. The van der Waals surface area contributed by atoms with Crippen molar-refractivity contribution in [1.82, 2.24) is 15.2 Å². The van der Waals surface area contributed by atoms with E-state index >= 15 is 0 Å². The molecule has 0 atom stereocenters. The molecule has 3 nitrogen and oxygen atoms in total. The second-order valence-corrected chi connectivity index (χ2v) is 4.66. The van der Waals surface area contributed by atoms with Gasteiger partial charge in [0.1, 0.15) is 19.7 Å². The van der Waals surface area contributed by atoms with Crippen LogP contribution in [0.5, 0.6) is 0 Å². The average Bonchev–Trinajstić information content (AvgIpc) is 3.09. The summed E-state index contributed by atoms with van der Waals surface area (Å²) >= 11 is 0. The van der Waals surface area contributed by atoms with Gasteiger partial charge < -0.3 is 0 Å². The Hall–Kier alpha value is -2.56. The third-order valence-electron chi connectivity index (χ3n) is 3.31. The summed E-state index contributed by atoms with van der Waals surface area (Å²) in [7, 11) is 0. The lowest BCUT2D eigenvalue weighted by Crippen LogP contribution is -1.91. The van der Waals surface area contributed by atoms with Crippen molar-refractivity contribution in [1.29, 1.82) is 0 Å². The molecule has 0 amide bonds. The minimum Gasteiger partial charge on any atom is -0.265 e. The minimum absolute atomic E-state index is 0.483. The summed E-state index contributed by atoms with van der Waals surface area (Å²) in [4.78, 5) is 4.10. The van der Waals surface area contributed by atoms with Crippen LogP contribution in [0.25, 0.3) is 22.5 Å². The highest BCUT2D eigenvalue weighted by Crippen LogP contribution is 2.28. The van der Waals surface area contributed by atoms with Crippen molar-refractivity contribution in [3.63, 3.8) is 0 Å². The standard InChI is InChI=1S/C16H13F2N3/c17-8-11-4-5-15(14(6-11)9-18)12-2-1-3-13(7-12)16-19-10-20-21-16/h1-7,10H,8-9H2,(H,19,20,21). The van der Waals surface area contributed by atoms with E-state index in [-0.39, 0.29) is 0 Å². The molecule has 0 saturated carbocycles. The number of hydrogen-bond donors (Lipinski definition) is 1. The van der Waals surface area contributed by atoms with Crippen molar-refractivity contribution < 1.29 is 8.78 Å². The first-order valence-electron chi connectivity index (χ1n) is 6.52. The molecule has 0 radical (unpaired) electrons. The van der Waals surface area contributed by atoms with Crippen molar-refractivity contribution in [2.75, 3.05) is 0 Å². The monoisotopic (exact) mass is 285 g/mol. The molecule has 1 N–H and O–H groups in total. The first-order chi connectivity index (χ1) is 10.3. The molecular formula is C16H13F2N3. The molecule has 3 rings (SSSR count). The van der Waals surface area contributed by atoms with Crippen LogP contribution >= 0.6 is 0 Å². The lowest BCUT2D eigenvalue weighted by Gasteiger charge is -2.09. The average molecular weight is 285 g/mol. The van der Waals surface area contributed by atoms with Crippen molar-refractivity contribution in [3.8, 4) is 22.5 Å². The third-order valence-corrected chi connectivity index (χ3v) is 3.31. The highest BCUT2D eigenvalue weighted by molar-refractivity contribution is 5.72. The second kappa shape index (κ2) is 5.83. The molecule has 0 bridgehead atoms. The zero-order valence-electron chi connectivity index (χ0n) is 11.2. The van der Waals surface area contributed by atoms with Crippen LogP contribution < -0.4 is 0 Å². The van der Waals surface area contributed by atoms with Crippen LogP contribution in [0.3, 0.4) is 0 Å². The van der Waals surface area contributed by atoms with Gasteiger partial charge in [0.2, 0.25) is 0 Å². The van der Waals surface area contributed by atoms with E-state index in [4.69, 9.17) is 0 Å². The fourth-order valence-corrected chi connectivity index (χ4v) is 2.30. The fourth-order valence-electron chi connectivity index (χ4n) is 2.30. The molecule has 0 spiro atoms. The zero-order chi connectivity index (χ0) is 14.7. The van der Waals surface area contributed by atoms with E-state index in [9.17, 15) is 8.78 Å². The van der Waals surface area contributed by atoms with Gasteiger partial charge in [0, 0.05) is 5.56 Å². The van der Waals surface area contributed by atoms with E-state index in [2.05, 4.69) is 15.2 Å². The third kappa shape index (κ3) is 2.67. The number of alkyl halides is 2. The number of nitrogens with zero attached hydrogens (tertiary/aromatic N) is 2. The number of halogens is 2. The van der Waals surface area contributed by atoms with Crippen LogP contribution in [-0.4, -0.2) is 15.2 Å². The Morgan fingerprint density at radius 3 is 2.52 bits per heavy atom. The van der Waals surface area contributed by atoms with E-state index in [1.807, 2.05) is 24.3 Å². The molecule has 3 aromatic rings.